The van der Waals surface area contributed by atoms with Crippen LogP contribution in [0, 0.1) is 8.99 Å². The van der Waals surface area contributed by atoms with E-state index in [9.17, 15) is 0 Å². The van der Waals surface area contributed by atoms with Crippen LogP contribution in [-0.4, -0.2) is 25.3 Å². The monoisotopic (exact) mass is 403 g/mol. The number of rotatable bonds is 8. The Bertz CT molecular complexity index is 397. The van der Waals surface area contributed by atoms with Crippen molar-refractivity contribution in [2.24, 2.45) is 5.41 Å². The van der Waals surface area contributed by atoms with Gasteiger partial charge in [-0.1, -0.05) is 39.8 Å². The number of benzene rings is 1. The van der Waals surface area contributed by atoms with Gasteiger partial charge in [0.05, 0.1) is 6.10 Å². The molecule has 3 heteroatoms. The van der Waals surface area contributed by atoms with Gasteiger partial charge in [0.2, 0.25) is 0 Å². The molecule has 0 saturated heterocycles. The van der Waals surface area contributed by atoms with Gasteiger partial charge in [-0.2, -0.15) is 0 Å². The van der Waals surface area contributed by atoms with Crippen LogP contribution in [-0.2, 0) is 11.2 Å². The largest absolute Gasteiger partial charge is 0.376 e. The Balaban J connectivity index is 2.88. The van der Waals surface area contributed by atoms with Gasteiger partial charge in [-0.25, -0.2) is 0 Å². The van der Waals surface area contributed by atoms with Crippen LogP contribution in [0.15, 0.2) is 24.3 Å². The predicted molar refractivity (Wildman–Crippen MR) is 99.8 cm³/mol. The Morgan fingerprint density at radius 1 is 1.14 bits per heavy atom. The summed E-state index contributed by atoms with van der Waals surface area (Å²) in [5.74, 6) is 0. The van der Waals surface area contributed by atoms with Gasteiger partial charge in [0.25, 0.3) is 0 Å². The van der Waals surface area contributed by atoms with E-state index in [4.69, 9.17) is 4.74 Å². The van der Waals surface area contributed by atoms with Gasteiger partial charge in [-0.15, -0.1) is 0 Å². The first-order valence-electron chi connectivity index (χ1n) is 7.97. The zero-order valence-corrected chi connectivity index (χ0v) is 16.2. The molecule has 1 N–H and O–H groups in total. The third-order valence-corrected chi connectivity index (χ3v) is 4.31. The molecule has 0 radical (unpaired) electrons. The Labute approximate surface area is 144 Å². The van der Waals surface area contributed by atoms with Crippen molar-refractivity contribution in [1.82, 2.24) is 5.32 Å². The quantitative estimate of drug-likeness (QED) is 0.638. The number of hydrogen-bond acceptors (Lipinski definition) is 2. The second kappa shape index (κ2) is 9.11. The topological polar surface area (TPSA) is 21.3 Å². The normalized spacial score (nSPS) is 15.0. The summed E-state index contributed by atoms with van der Waals surface area (Å²) in [5.41, 5.74) is 1.50. The molecular weight excluding hydrogens is 373 g/mol. The molecule has 2 atom stereocenters. The van der Waals surface area contributed by atoms with E-state index < -0.39 is 0 Å². The Morgan fingerprint density at radius 3 is 2.24 bits per heavy atom. The molecule has 0 bridgehead atoms. The van der Waals surface area contributed by atoms with Crippen molar-refractivity contribution in [3.63, 3.8) is 0 Å². The standard InChI is InChI=1S/C18H30INO/c1-6-12-20-16(17(21-7-2)18(3,4)5)13-14-8-10-15(19)11-9-14/h8-11,16-17,20H,6-7,12-13H2,1-5H3. The van der Waals surface area contributed by atoms with Crippen LogP contribution in [0.25, 0.3) is 0 Å². The van der Waals surface area contributed by atoms with Crippen molar-refractivity contribution in [3.8, 4) is 0 Å². The third kappa shape index (κ3) is 6.66. The van der Waals surface area contributed by atoms with Gasteiger partial charge >= 0.3 is 0 Å². The first-order chi connectivity index (χ1) is 9.88. The molecule has 0 aliphatic heterocycles. The molecule has 21 heavy (non-hydrogen) atoms. The number of nitrogens with one attached hydrogen (secondary N) is 1. The molecule has 0 aliphatic rings. The molecule has 1 rings (SSSR count). The van der Waals surface area contributed by atoms with E-state index in [0.29, 0.717) is 6.04 Å². The Morgan fingerprint density at radius 2 is 1.76 bits per heavy atom. The number of hydrogen-bond donors (Lipinski definition) is 1. The van der Waals surface area contributed by atoms with Crippen LogP contribution in [0.3, 0.4) is 0 Å². The summed E-state index contributed by atoms with van der Waals surface area (Å²) in [5, 5.41) is 3.70. The summed E-state index contributed by atoms with van der Waals surface area (Å²) in [6.45, 7) is 12.9. The Kier molecular flexibility index (Phi) is 8.21. The van der Waals surface area contributed by atoms with E-state index in [1.165, 1.54) is 9.13 Å². The molecule has 1 aromatic carbocycles. The highest BCUT2D eigenvalue weighted by molar-refractivity contribution is 14.1. The van der Waals surface area contributed by atoms with E-state index in [1.807, 2.05) is 0 Å². The second-order valence-electron chi connectivity index (χ2n) is 6.63. The maximum Gasteiger partial charge on any atom is 0.0779 e. The molecule has 1 aromatic rings. The van der Waals surface area contributed by atoms with E-state index in [1.54, 1.807) is 0 Å². The molecule has 0 amide bonds. The first kappa shape index (κ1) is 18.9. The SMILES string of the molecule is CCCNC(Cc1ccc(I)cc1)C(OCC)C(C)(C)C. The van der Waals surface area contributed by atoms with Crippen molar-refractivity contribution >= 4 is 22.6 Å². The minimum atomic E-state index is 0.130. The van der Waals surface area contributed by atoms with Gasteiger partial charge in [0, 0.05) is 16.2 Å². The smallest absolute Gasteiger partial charge is 0.0779 e. The fourth-order valence-corrected chi connectivity index (χ4v) is 3.00. The molecule has 0 aliphatic carbocycles. The molecule has 0 spiro atoms. The van der Waals surface area contributed by atoms with Crippen molar-refractivity contribution in [1.29, 1.82) is 0 Å². The van der Waals surface area contributed by atoms with Crippen molar-refractivity contribution < 1.29 is 4.74 Å². The summed E-state index contributed by atoms with van der Waals surface area (Å²) in [6.07, 6.45) is 2.37. The lowest BCUT2D eigenvalue weighted by atomic mass is 9.82. The van der Waals surface area contributed by atoms with Gasteiger partial charge in [0.15, 0.2) is 0 Å². The van der Waals surface area contributed by atoms with Crippen LogP contribution in [0.2, 0.25) is 0 Å². The molecule has 0 heterocycles. The van der Waals surface area contributed by atoms with Crippen molar-refractivity contribution in [2.75, 3.05) is 13.2 Å². The lowest BCUT2D eigenvalue weighted by Gasteiger charge is -2.37. The zero-order valence-electron chi connectivity index (χ0n) is 14.1. The maximum atomic E-state index is 6.10. The van der Waals surface area contributed by atoms with Gasteiger partial charge in [-0.05, 0) is 72.0 Å². The van der Waals surface area contributed by atoms with Crippen molar-refractivity contribution in [2.45, 2.75) is 59.6 Å². The average Bonchev–Trinajstić information content (AvgIpc) is 2.42. The highest BCUT2D eigenvalue weighted by Crippen LogP contribution is 2.27. The molecule has 120 valence electrons. The fourth-order valence-electron chi connectivity index (χ4n) is 2.64. The van der Waals surface area contributed by atoms with Crippen LogP contribution in [0.1, 0.15) is 46.6 Å². The van der Waals surface area contributed by atoms with Crippen LogP contribution in [0.4, 0.5) is 0 Å². The minimum absolute atomic E-state index is 0.130. The lowest BCUT2D eigenvalue weighted by Crippen LogP contribution is -2.49. The maximum absolute atomic E-state index is 6.10. The van der Waals surface area contributed by atoms with E-state index in [0.717, 1.165) is 26.0 Å². The van der Waals surface area contributed by atoms with E-state index in [-0.39, 0.29) is 11.5 Å². The summed E-state index contributed by atoms with van der Waals surface area (Å²) in [4.78, 5) is 0. The summed E-state index contributed by atoms with van der Waals surface area (Å²) in [6, 6.07) is 9.17. The van der Waals surface area contributed by atoms with Crippen molar-refractivity contribution in [3.05, 3.63) is 33.4 Å². The van der Waals surface area contributed by atoms with Gasteiger partial charge in [0.1, 0.15) is 0 Å². The summed E-state index contributed by atoms with van der Waals surface area (Å²) < 4.78 is 7.38. The third-order valence-electron chi connectivity index (χ3n) is 3.59. The van der Waals surface area contributed by atoms with E-state index in [2.05, 4.69) is 86.8 Å². The highest BCUT2D eigenvalue weighted by Gasteiger charge is 2.32. The number of ether oxygens (including phenoxy) is 1. The van der Waals surface area contributed by atoms with E-state index >= 15 is 0 Å². The van der Waals surface area contributed by atoms with Gasteiger partial charge < -0.3 is 10.1 Å². The van der Waals surface area contributed by atoms with Crippen LogP contribution >= 0.6 is 22.6 Å². The highest BCUT2D eigenvalue weighted by atomic mass is 127. The van der Waals surface area contributed by atoms with Crippen LogP contribution in [0.5, 0.6) is 0 Å². The molecule has 0 saturated carbocycles. The van der Waals surface area contributed by atoms with Gasteiger partial charge in [-0.3, -0.25) is 0 Å². The molecule has 0 aromatic heterocycles. The number of halogens is 1. The average molecular weight is 403 g/mol. The van der Waals surface area contributed by atoms with Crippen LogP contribution < -0.4 is 5.32 Å². The molecule has 2 nitrogen and oxygen atoms in total. The lowest BCUT2D eigenvalue weighted by molar-refractivity contribution is -0.0355. The predicted octanol–water partition coefficient (Wildman–Crippen LogP) is 4.65. The zero-order chi connectivity index (χ0) is 15.9. The fraction of sp³-hybridized carbons (Fsp3) is 0.667. The first-order valence-corrected chi connectivity index (χ1v) is 9.05. The molecule has 0 fully saturated rings. The summed E-state index contributed by atoms with van der Waals surface area (Å²) in [7, 11) is 0. The molecule has 2 unspecified atom stereocenters. The minimum Gasteiger partial charge on any atom is -0.376 e. The summed E-state index contributed by atoms with van der Waals surface area (Å²) >= 11 is 2.35. The Hall–Kier alpha value is -0.130. The second-order valence-corrected chi connectivity index (χ2v) is 7.88. The molecular formula is C18H30INO.